The third-order valence-corrected chi connectivity index (χ3v) is 4.32. The Kier molecular flexibility index (Phi) is 2.81. The highest BCUT2D eigenvalue weighted by molar-refractivity contribution is 6.89. The standard InChI is InChI=1S/C11H18OSi/c1-5-9-6-7-11(10(12)8-9)13(2,3)4/h6-8,12H,5H2,1-4H3. The Bertz CT molecular complexity index is 299. The molecule has 1 aromatic carbocycles. The Morgan fingerprint density at radius 3 is 2.23 bits per heavy atom. The van der Waals surface area contributed by atoms with Crippen LogP contribution in [0.1, 0.15) is 12.5 Å². The molecule has 0 aliphatic heterocycles. The van der Waals surface area contributed by atoms with E-state index in [4.69, 9.17) is 0 Å². The zero-order chi connectivity index (χ0) is 10.1. The molecule has 0 aromatic heterocycles. The van der Waals surface area contributed by atoms with Gasteiger partial charge < -0.3 is 5.11 Å². The van der Waals surface area contributed by atoms with Gasteiger partial charge in [0.05, 0.1) is 8.07 Å². The van der Waals surface area contributed by atoms with Crippen molar-refractivity contribution >= 4 is 13.3 Å². The summed E-state index contributed by atoms with van der Waals surface area (Å²) in [5, 5.41) is 10.9. The number of hydrogen-bond donors (Lipinski definition) is 1. The summed E-state index contributed by atoms with van der Waals surface area (Å²) in [6.45, 7) is 8.83. The molecule has 72 valence electrons. The maximum absolute atomic E-state index is 9.79. The van der Waals surface area contributed by atoms with E-state index in [1.807, 2.05) is 6.07 Å². The number of phenols is 1. The zero-order valence-corrected chi connectivity index (χ0v) is 9.89. The van der Waals surface area contributed by atoms with Gasteiger partial charge in [0.1, 0.15) is 5.75 Å². The molecule has 0 spiro atoms. The number of aromatic hydroxyl groups is 1. The van der Waals surface area contributed by atoms with Crippen molar-refractivity contribution in [2.75, 3.05) is 0 Å². The topological polar surface area (TPSA) is 20.2 Å². The van der Waals surface area contributed by atoms with Crippen molar-refractivity contribution in [1.29, 1.82) is 0 Å². The molecule has 1 rings (SSSR count). The van der Waals surface area contributed by atoms with Gasteiger partial charge in [-0.1, -0.05) is 38.7 Å². The molecular formula is C11H18OSi. The predicted molar refractivity (Wildman–Crippen MR) is 60.5 cm³/mol. The van der Waals surface area contributed by atoms with Gasteiger partial charge in [0.15, 0.2) is 0 Å². The summed E-state index contributed by atoms with van der Waals surface area (Å²) in [5.41, 5.74) is 1.21. The number of benzene rings is 1. The lowest BCUT2D eigenvalue weighted by Gasteiger charge is -2.18. The normalized spacial score (nSPS) is 11.7. The van der Waals surface area contributed by atoms with Crippen LogP contribution in [0.2, 0.25) is 19.6 Å². The predicted octanol–water partition coefficient (Wildman–Crippen LogP) is 2.50. The third-order valence-electron chi connectivity index (χ3n) is 2.28. The van der Waals surface area contributed by atoms with Gasteiger partial charge >= 0.3 is 0 Å². The van der Waals surface area contributed by atoms with Crippen LogP contribution in [0.3, 0.4) is 0 Å². The Morgan fingerprint density at radius 2 is 1.85 bits per heavy atom. The largest absolute Gasteiger partial charge is 0.508 e. The molecule has 0 aliphatic carbocycles. The molecule has 0 bridgehead atoms. The van der Waals surface area contributed by atoms with Crippen LogP contribution in [-0.4, -0.2) is 13.2 Å². The van der Waals surface area contributed by atoms with Crippen LogP contribution < -0.4 is 5.19 Å². The molecule has 13 heavy (non-hydrogen) atoms. The van der Waals surface area contributed by atoms with Crippen molar-refractivity contribution in [2.45, 2.75) is 33.0 Å². The quantitative estimate of drug-likeness (QED) is 0.717. The van der Waals surface area contributed by atoms with E-state index in [2.05, 4.69) is 38.7 Å². The molecule has 1 N–H and O–H groups in total. The van der Waals surface area contributed by atoms with Crippen molar-refractivity contribution in [3.8, 4) is 5.75 Å². The van der Waals surface area contributed by atoms with Gasteiger partial charge in [-0.25, -0.2) is 0 Å². The maximum atomic E-state index is 9.79. The van der Waals surface area contributed by atoms with Crippen LogP contribution in [0.25, 0.3) is 0 Å². The minimum absolute atomic E-state index is 0.485. The molecule has 0 heterocycles. The van der Waals surface area contributed by atoms with Gasteiger partial charge in [-0.3, -0.25) is 0 Å². The van der Waals surface area contributed by atoms with Gasteiger partial charge in [-0.05, 0) is 23.2 Å². The van der Waals surface area contributed by atoms with Crippen molar-refractivity contribution in [3.05, 3.63) is 23.8 Å². The Hall–Kier alpha value is -0.763. The van der Waals surface area contributed by atoms with Crippen LogP contribution >= 0.6 is 0 Å². The number of rotatable bonds is 2. The van der Waals surface area contributed by atoms with Crippen LogP contribution in [0, 0.1) is 0 Å². The molecule has 1 nitrogen and oxygen atoms in total. The molecule has 0 unspecified atom stereocenters. The summed E-state index contributed by atoms with van der Waals surface area (Å²) < 4.78 is 0. The SMILES string of the molecule is CCc1ccc([Si](C)(C)C)c(O)c1. The lowest BCUT2D eigenvalue weighted by Crippen LogP contribution is -2.37. The molecule has 0 atom stereocenters. The summed E-state index contributed by atoms with van der Waals surface area (Å²) in [6.07, 6.45) is 0.986. The molecule has 0 saturated heterocycles. The van der Waals surface area contributed by atoms with E-state index in [0.717, 1.165) is 11.6 Å². The van der Waals surface area contributed by atoms with Crippen LogP contribution in [0.4, 0.5) is 0 Å². The second-order valence-electron chi connectivity index (χ2n) is 4.46. The fourth-order valence-corrected chi connectivity index (χ4v) is 2.86. The molecule has 0 amide bonds. The minimum atomic E-state index is -1.36. The average molecular weight is 194 g/mol. The van der Waals surface area contributed by atoms with E-state index < -0.39 is 8.07 Å². The smallest absolute Gasteiger partial charge is 0.115 e. The summed E-state index contributed by atoms with van der Waals surface area (Å²) in [6, 6.07) is 6.10. The summed E-state index contributed by atoms with van der Waals surface area (Å²) >= 11 is 0. The van der Waals surface area contributed by atoms with Gasteiger partial charge in [0, 0.05) is 0 Å². The average Bonchev–Trinajstić information content (AvgIpc) is 2.01. The van der Waals surface area contributed by atoms with E-state index in [9.17, 15) is 5.11 Å². The van der Waals surface area contributed by atoms with E-state index in [0.29, 0.717) is 5.75 Å². The first-order chi connectivity index (χ1) is 5.95. The highest BCUT2D eigenvalue weighted by Gasteiger charge is 2.19. The fourth-order valence-electron chi connectivity index (χ4n) is 1.43. The summed E-state index contributed by atoms with van der Waals surface area (Å²) in [4.78, 5) is 0. The first-order valence-electron chi connectivity index (χ1n) is 4.77. The van der Waals surface area contributed by atoms with E-state index >= 15 is 0 Å². The number of phenolic OH excluding ortho intramolecular Hbond substituents is 1. The summed E-state index contributed by atoms with van der Waals surface area (Å²) in [5.74, 6) is 0.485. The van der Waals surface area contributed by atoms with Crippen LogP contribution in [-0.2, 0) is 6.42 Å². The first kappa shape index (κ1) is 10.3. The summed E-state index contributed by atoms with van der Waals surface area (Å²) in [7, 11) is -1.36. The maximum Gasteiger partial charge on any atom is 0.115 e. The van der Waals surface area contributed by atoms with Crippen molar-refractivity contribution in [3.63, 3.8) is 0 Å². The van der Waals surface area contributed by atoms with Crippen molar-refractivity contribution in [2.24, 2.45) is 0 Å². The number of aryl methyl sites for hydroxylation is 1. The second kappa shape index (κ2) is 3.54. The molecule has 0 aliphatic rings. The number of hydrogen-bond acceptors (Lipinski definition) is 1. The molecule has 0 fully saturated rings. The monoisotopic (exact) mass is 194 g/mol. The zero-order valence-electron chi connectivity index (χ0n) is 8.89. The molecule has 1 aromatic rings. The Morgan fingerprint density at radius 1 is 1.23 bits per heavy atom. The van der Waals surface area contributed by atoms with E-state index in [1.54, 1.807) is 0 Å². The van der Waals surface area contributed by atoms with Gasteiger partial charge in [0.2, 0.25) is 0 Å². The van der Waals surface area contributed by atoms with Crippen molar-refractivity contribution in [1.82, 2.24) is 0 Å². The van der Waals surface area contributed by atoms with Crippen molar-refractivity contribution < 1.29 is 5.11 Å². The van der Waals surface area contributed by atoms with Crippen LogP contribution in [0.15, 0.2) is 18.2 Å². The highest BCUT2D eigenvalue weighted by atomic mass is 28.3. The first-order valence-corrected chi connectivity index (χ1v) is 8.27. The van der Waals surface area contributed by atoms with E-state index in [-0.39, 0.29) is 0 Å². The van der Waals surface area contributed by atoms with Crippen LogP contribution in [0.5, 0.6) is 5.75 Å². The highest BCUT2D eigenvalue weighted by Crippen LogP contribution is 2.15. The van der Waals surface area contributed by atoms with Gasteiger partial charge in [0.25, 0.3) is 0 Å². The lowest BCUT2D eigenvalue weighted by atomic mass is 10.2. The molecular weight excluding hydrogens is 176 g/mol. The van der Waals surface area contributed by atoms with E-state index in [1.165, 1.54) is 5.56 Å². The fraction of sp³-hybridized carbons (Fsp3) is 0.455. The minimum Gasteiger partial charge on any atom is -0.508 e. The Labute approximate surface area is 81.4 Å². The molecule has 2 heteroatoms. The Balaban J connectivity index is 3.13. The molecule has 0 radical (unpaired) electrons. The molecule has 0 saturated carbocycles. The lowest BCUT2D eigenvalue weighted by molar-refractivity contribution is 0.478. The third kappa shape index (κ3) is 2.34. The van der Waals surface area contributed by atoms with Gasteiger partial charge in [-0.2, -0.15) is 0 Å². The second-order valence-corrected chi connectivity index (χ2v) is 9.49. The van der Waals surface area contributed by atoms with Gasteiger partial charge in [-0.15, -0.1) is 0 Å².